The first-order valence-corrected chi connectivity index (χ1v) is 9.28. The van der Waals surface area contributed by atoms with Crippen LogP contribution in [-0.4, -0.2) is 48.2 Å². The average Bonchev–Trinajstić information content (AvgIpc) is 2.75. The molecule has 6 heteroatoms. The Labute approximate surface area is 160 Å². The average molecular weight is 360 g/mol. The van der Waals surface area contributed by atoms with Crippen LogP contribution in [0.2, 0.25) is 0 Å². The molecule has 0 atom stereocenters. The van der Waals surface area contributed by atoms with E-state index in [-0.39, 0.29) is 0 Å². The molecule has 0 bridgehead atoms. The number of aromatic nitrogens is 3. The smallest absolute Gasteiger partial charge is 0.227 e. The Bertz CT molecular complexity index is 847. The minimum atomic E-state index is 0.753. The number of hydrogen-bond donors (Lipinski definition) is 0. The molecule has 1 aliphatic heterocycles. The second-order valence-electron chi connectivity index (χ2n) is 6.72. The van der Waals surface area contributed by atoms with Gasteiger partial charge in [-0.3, -0.25) is 0 Å². The van der Waals surface area contributed by atoms with Gasteiger partial charge in [0.25, 0.3) is 0 Å². The van der Waals surface area contributed by atoms with Gasteiger partial charge in [-0.1, -0.05) is 36.4 Å². The van der Waals surface area contributed by atoms with Gasteiger partial charge in [-0.25, -0.2) is 9.97 Å². The highest BCUT2D eigenvalue weighted by atomic mass is 15.3. The van der Waals surface area contributed by atoms with Gasteiger partial charge in [0.15, 0.2) is 0 Å². The molecule has 0 unspecified atom stereocenters. The van der Waals surface area contributed by atoms with Crippen LogP contribution in [0, 0.1) is 0 Å². The summed E-state index contributed by atoms with van der Waals surface area (Å²) in [5.41, 5.74) is 1.25. The Morgan fingerprint density at radius 1 is 0.778 bits per heavy atom. The molecule has 0 radical (unpaired) electrons. The van der Waals surface area contributed by atoms with Crippen LogP contribution >= 0.6 is 0 Å². The van der Waals surface area contributed by atoms with Crippen molar-refractivity contribution < 1.29 is 0 Å². The van der Waals surface area contributed by atoms with Gasteiger partial charge in [0.2, 0.25) is 5.95 Å². The Morgan fingerprint density at radius 2 is 1.48 bits per heavy atom. The molecule has 0 N–H and O–H groups in total. The number of hydrogen-bond acceptors (Lipinski definition) is 6. The van der Waals surface area contributed by atoms with E-state index in [9.17, 15) is 0 Å². The molecule has 0 amide bonds. The van der Waals surface area contributed by atoms with E-state index in [1.165, 1.54) is 5.56 Å². The summed E-state index contributed by atoms with van der Waals surface area (Å²) in [6.45, 7) is 4.52. The molecule has 0 aliphatic carbocycles. The number of nitrogens with zero attached hydrogens (tertiary/aromatic N) is 6. The predicted molar refractivity (Wildman–Crippen MR) is 109 cm³/mol. The summed E-state index contributed by atoms with van der Waals surface area (Å²) in [5, 5.41) is 0. The van der Waals surface area contributed by atoms with Crippen LogP contribution in [0.15, 0.2) is 67.0 Å². The molecule has 3 heterocycles. The molecule has 3 aromatic rings. The van der Waals surface area contributed by atoms with Crippen molar-refractivity contribution in [1.82, 2.24) is 15.0 Å². The predicted octanol–water partition coefficient (Wildman–Crippen LogP) is 2.83. The van der Waals surface area contributed by atoms with Crippen molar-refractivity contribution in [3.05, 3.63) is 72.6 Å². The summed E-state index contributed by atoms with van der Waals surface area (Å²) >= 11 is 0. The van der Waals surface area contributed by atoms with E-state index in [1.54, 1.807) is 0 Å². The van der Waals surface area contributed by atoms with Gasteiger partial charge in [-0.2, -0.15) is 4.98 Å². The van der Waals surface area contributed by atoms with Crippen LogP contribution in [0.4, 0.5) is 17.6 Å². The molecule has 4 rings (SSSR count). The van der Waals surface area contributed by atoms with Gasteiger partial charge in [0.1, 0.15) is 11.6 Å². The molecule has 1 saturated heterocycles. The van der Waals surface area contributed by atoms with Crippen LogP contribution in [0.25, 0.3) is 0 Å². The SMILES string of the molecule is CN(Cc1ccccc1)c1nccc(N2CCN(c3ccccn3)CC2)n1. The highest BCUT2D eigenvalue weighted by molar-refractivity contribution is 5.47. The molecule has 1 aromatic carbocycles. The minimum absolute atomic E-state index is 0.753. The number of piperazine rings is 1. The zero-order valence-electron chi connectivity index (χ0n) is 15.6. The fourth-order valence-electron chi connectivity index (χ4n) is 3.33. The fourth-order valence-corrected chi connectivity index (χ4v) is 3.33. The molecule has 2 aromatic heterocycles. The molecule has 138 valence electrons. The second-order valence-corrected chi connectivity index (χ2v) is 6.72. The molecular weight excluding hydrogens is 336 g/mol. The topological polar surface area (TPSA) is 48.4 Å². The number of benzene rings is 1. The van der Waals surface area contributed by atoms with E-state index in [0.29, 0.717) is 0 Å². The molecule has 0 saturated carbocycles. The quantitative estimate of drug-likeness (QED) is 0.697. The van der Waals surface area contributed by atoms with Crippen LogP contribution in [0.5, 0.6) is 0 Å². The first-order chi connectivity index (χ1) is 13.3. The summed E-state index contributed by atoms with van der Waals surface area (Å²) in [7, 11) is 2.03. The van der Waals surface area contributed by atoms with Crippen LogP contribution in [0.1, 0.15) is 5.56 Å². The summed E-state index contributed by atoms with van der Waals surface area (Å²) in [6, 6.07) is 18.4. The van der Waals surface area contributed by atoms with E-state index in [0.717, 1.165) is 50.3 Å². The lowest BCUT2D eigenvalue weighted by atomic mass is 10.2. The van der Waals surface area contributed by atoms with Crippen LogP contribution in [-0.2, 0) is 6.54 Å². The van der Waals surface area contributed by atoms with Crippen molar-refractivity contribution in [1.29, 1.82) is 0 Å². The van der Waals surface area contributed by atoms with Gasteiger partial charge in [-0.15, -0.1) is 0 Å². The van der Waals surface area contributed by atoms with E-state index in [4.69, 9.17) is 4.98 Å². The molecule has 6 nitrogen and oxygen atoms in total. The largest absolute Gasteiger partial charge is 0.353 e. The van der Waals surface area contributed by atoms with E-state index < -0.39 is 0 Å². The van der Waals surface area contributed by atoms with Gasteiger partial charge in [0.05, 0.1) is 0 Å². The van der Waals surface area contributed by atoms with Crippen LogP contribution < -0.4 is 14.7 Å². The minimum Gasteiger partial charge on any atom is -0.353 e. The van der Waals surface area contributed by atoms with E-state index in [1.807, 2.05) is 43.7 Å². The fraction of sp³-hybridized carbons (Fsp3) is 0.286. The lowest BCUT2D eigenvalue weighted by molar-refractivity contribution is 0.640. The maximum Gasteiger partial charge on any atom is 0.227 e. The summed E-state index contributed by atoms with van der Waals surface area (Å²) in [6.07, 6.45) is 3.70. The third-order valence-electron chi connectivity index (χ3n) is 4.81. The Morgan fingerprint density at radius 3 is 2.19 bits per heavy atom. The lowest BCUT2D eigenvalue weighted by Gasteiger charge is -2.36. The van der Waals surface area contributed by atoms with E-state index >= 15 is 0 Å². The molecular formula is C21H24N6. The molecule has 27 heavy (non-hydrogen) atoms. The Hall–Kier alpha value is -3.15. The van der Waals surface area contributed by atoms with Gasteiger partial charge in [0, 0.05) is 52.2 Å². The monoisotopic (exact) mass is 360 g/mol. The zero-order chi connectivity index (χ0) is 18.5. The Balaban J connectivity index is 1.41. The molecule has 0 spiro atoms. The third-order valence-corrected chi connectivity index (χ3v) is 4.81. The van der Waals surface area contributed by atoms with Gasteiger partial charge in [-0.05, 0) is 23.8 Å². The molecule has 1 fully saturated rings. The van der Waals surface area contributed by atoms with Crippen molar-refractivity contribution in [2.45, 2.75) is 6.54 Å². The molecule has 1 aliphatic rings. The zero-order valence-corrected chi connectivity index (χ0v) is 15.6. The number of pyridine rings is 1. The lowest BCUT2D eigenvalue weighted by Crippen LogP contribution is -2.47. The van der Waals surface area contributed by atoms with Gasteiger partial charge < -0.3 is 14.7 Å². The standard InChI is InChI=1S/C21H24N6/c1-25(17-18-7-3-2-4-8-18)21-23-12-10-20(24-21)27-15-13-26(14-16-27)19-9-5-6-11-22-19/h2-12H,13-17H2,1H3. The van der Waals surface area contributed by atoms with Crippen molar-refractivity contribution >= 4 is 17.6 Å². The maximum atomic E-state index is 4.80. The number of rotatable bonds is 5. The number of anilines is 3. The van der Waals surface area contributed by atoms with Crippen molar-refractivity contribution in [3.8, 4) is 0 Å². The normalized spacial score (nSPS) is 14.3. The summed E-state index contributed by atoms with van der Waals surface area (Å²) in [5.74, 6) is 2.78. The van der Waals surface area contributed by atoms with Gasteiger partial charge >= 0.3 is 0 Å². The highest BCUT2D eigenvalue weighted by Crippen LogP contribution is 2.19. The van der Waals surface area contributed by atoms with Crippen molar-refractivity contribution in [2.75, 3.05) is 47.9 Å². The highest BCUT2D eigenvalue weighted by Gasteiger charge is 2.19. The van der Waals surface area contributed by atoms with Crippen LogP contribution in [0.3, 0.4) is 0 Å². The third kappa shape index (κ3) is 4.16. The maximum absolute atomic E-state index is 4.80. The van der Waals surface area contributed by atoms with Crippen molar-refractivity contribution in [3.63, 3.8) is 0 Å². The first-order valence-electron chi connectivity index (χ1n) is 9.28. The first kappa shape index (κ1) is 17.3. The summed E-state index contributed by atoms with van der Waals surface area (Å²) < 4.78 is 0. The second kappa shape index (κ2) is 8.03. The van der Waals surface area contributed by atoms with E-state index in [2.05, 4.69) is 55.0 Å². The van der Waals surface area contributed by atoms with Crippen molar-refractivity contribution in [2.24, 2.45) is 0 Å². The Kier molecular flexibility index (Phi) is 5.14. The summed E-state index contributed by atoms with van der Waals surface area (Å²) in [4.78, 5) is 20.4.